The monoisotopic (exact) mass is 289 g/mol. The van der Waals surface area contributed by atoms with Gasteiger partial charge in [-0.2, -0.15) is 0 Å². The molecule has 8 nitrogen and oxygen atoms in total. The van der Waals surface area contributed by atoms with Crippen LogP contribution in [0.3, 0.4) is 0 Å². The highest BCUT2D eigenvalue weighted by molar-refractivity contribution is 6.04. The Kier molecular flexibility index (Phi) is 3.28. The maximum atomic E-state index is 12.3. The molecule has 2 aromatic heterocycles. The van der Waals surface area contributed by atoms with E-state index in [4.69, 9.17) is 0 Å². The number of aromatic nitrogens is 4. The Hall–Kier alpha value is -2.51. The number of hydrogen-bond donors (Lipinski definition) is 2. The predicted molar refractivity (Wildman–Crippen MR) is 72.5 cm³/mol. The van der Waals surface area contributed by atoms with Crippen LogP contribution in [0.1, 0.15) is 29.6 Å². The first-order valence-corrected chi connectivity index (χ1v) is 6.74. The van der Waals surface area contributed by atoms with Crippen LogP contribution < -0.4 is 5.32 Å². The van der Waals surface area contributed by atoms with Gasteiger partial charge in [-0.15, -0.1) is 5.10 Å². The third kappa shape index (κ3) is 2.69. The van der Waals surface area contributed by atoms with E-state index in [-0.39, 0.29) is 5.56 Å². The van der Waals surface area contributed by atoms with Gasteiger partial charge in [0.2, 0.25) is 0 Å². The first-order chi connectivity index (χ1) is 10.1. The molecule has 0 aromatic carbocycles. The standard InChI is InChI=1S/C13H15N5O3/c1-18-11-10(16-17-18)8(4-5-14-11)12(19)15-9(13(20)21)6-7-2-3-7/h4-5,7,9H,2-3,6H2,1H3,(H,15,19)(H,20,21). The number of rotatable bonds is 5. The van der Waals surface area contributed by atoms with Gasteiger partial charge in [-0.05, 0) is 18.4 Å². The molecule has 21 heavy (non-hydrogen) atoms. The average Bonchev–Trinajstić information content (AvgIpc) is 3.20. The Morgan fingerprint density at radius 2 is 2.29 bits per heavy atom. The summed E-state index contributed by atoms with van der Waals surface area (Å²) in [4.78, 5) is 27.6. The summed E-state index contributed by atoms with van der Waals surface area (Å²) in [7, 11) is 1.68. The third-order valence-electron chi connectivity index (χ3n) is 3.60. The topological polar surface area (TPSA) is 110 Å². The van der Waals surface area contributed by atoms with Crippen molar-refractivity contribution in [3.8, 4) is 0 Å². The lowest BCUT2D eigenvalue weighted by atomic mass is 10.1. The highest BCUT2D eigenvalue weighted by Crippen LogP contribution is 2.33. The molecule has 2 heterocycles. The van der Waals surface area contributed by atoms with Crippen LogP contribution >= 0.6 is 0 Å². The molecule has 1 atom stereocenters. The molecule has 2 N–H and O–H groups in total. The minimum Gasteiger partial charge on any atom is -0.480 e. The van der Waals surface area contributed by atoms with Gasteiger partial charge in [0, 0.05) is 13.2 Å². The molecule has 0 radical (unpaired) electrons. The van der Waals surface area contributed by atoms with Crippen molar-refractivity contribution in [2.75, 3.05) is 0 Å². The molecule has 1 unspecified atom stereocenters. The lowest BCUT2D eigenvalue weighted by molar-refractivity contribution is -0.139. The van der Waals surface area contributed by atoms with Crippen LogP contribution in [0, 0.1) is 5.92 Å². The predicted octanol–water partition coefficient (Wildman–Crippen LogP) is 0.346. The molecular weight excluding hydrogens is 274 g/mol. The van der Waals surface area contributed by atoms with Crippen LogP contribution in [0.15, 0.2) is 12.3 Å². The average molecular weight is 289 g/mol. The number of nitrogens with one attached hydrogen (secondary N) is 1. The molecular formula is C13H15N5O3. The number of amides is 1. The van der Waals surface area contributed by atoms with Gasteiger partial charge in [-0.1, -0.05) is 18.1 Å². The maximum Gasteiger partial charge on any atom is 0.326 e. The number of hydrogen-bond acceptors (Lipinski definition) is 5. The Labute approximate surface area is 120 Å². The van der Waals surface area contributed by atoms with Crippen LogP contribution in [0.2, 0.25) is 0 Å². The van der Waals surface area contributed by atoms with Crippen LogP contribution in [0.25, 0.3) is 11.2 Å². The fourth-order valence-corrected chi connectivity index (χ4v) is 2.26. The van der Waals surface area contributed by atoms with Crippen LogP contribution in [-0.4, -0.2) is 43.0 Å². The summed E-state index contributed by atoms with van der Waals surface area (Å²) in [6.45, 7) is 0. The summed E-state index contributed by atoms with van der Waals surface area (Å²) in [6.07, 6.45) is 4.01. The minimum atomic E-state index is -1.01. The van der Waals surface area contributed by atoms with Crippen molar-refractivity contribution in [3.05, 3.63) is 17.8 Å². The van der Waals surface area contributed by atoms with Gasteiger partial charge in [0.15, 0.2) is 5.65 Å². The fourth-order valence-electron chi connectivity index (χ4n) is 2.26. The summed E-state index contributed by atoms with van der Waals surface area (Å²) in [6, 6.07) is 0.646. The number of carboxylic acid groups (broad SMARTS) is 1. The summed E-state index contributed by atoms with van der Waals surface area (Å²) in [5, 5.41) is 19.5. The van der Waals surface area contributed by atoms with Gasteiger partial charge in [-0.25, -0.2) is 14.5 Å². The number of fused-ring (bicyclic) bond motifs is 1. The second kappa shape index (κ2) is 5.12. The van der Waals surface area contributed by atoms with E-state index in [1.54, 1.807) is 7.05 Å². The van der Waals surface area contributed by atoms with Crippen molar-refractivity contribution in [2.24, 2.45) is 13.0 Å². The number of carboxylic acids is 1. The molecule has 1 saturated carbocycles. The number of aliphatic carboxylic acids is 1. The van der Waals surface area contributed by atoms with Gasteiger partial charge in [0.25, 0.3) is 5.91 Å². The van der Waals surface area contributed by atoms with Gasteiger partial charge in [-0.3, -0.25) is 4.79 Å². The molecule has 0 aliphatic heterocycles. The van der Waals surface area contributed by atoms with Crippen LogP contribution in [0.5, 0.6) is 0 Å². The molecule has 1 amide bonds. The van der Waals surface area contributed by atoms with E-state index in [0.29, 0.717) is 23.5 Å². The van der Waals surface area contributed by atoms with Crippen LogP contribution in [-0.2, 0) is 11.8 Å². The number of carbonyl (C=O) groups is 2. The smallest absolute Gasteiger partial charge is 0.326 e. The Morgan fingerprint density at radius 1 is 1.52 bits per heavy atom. The molecule has 110 valence electrons. The van der Waals surface area contributed by atoms with Crippen molar-refractivity contribution in [2.45, 2.75) is 25.3 Å². The van der Waals surface area contributed by atoms with Gasteiger partial charge < -0.3 is 10.4 Å². The Morgan fingerprint density at radius 3 is 2.95 bits per heavy atom. The van der Waals surface area contributed by atoms with Gasteiger partial charge in [0.05, 0.1) is 5.56 Å². The first kappa shape index (κ1) is 13.5. The number of pyridine rings is 1. The lowest BCUT2D eigenvalue weighted by Crippen LogP contribution is -2.41. The minimum absolute atomic E-state index is 0.287. The fraction of sp³-hybridized carbons (Fsp3) is 0.462. The summed E-state index contributed by atoms with van der Waals surface area (Å²) < 4.78 is 1.46. The van der Waals surface area contributed by atoms with Crippen molar-refractivity contribution in [1.29, 1.82) is 0 Å². The zero-order chi connectivity index (χ0) is 15.0. The van der Waals surface area contributed by atoms with Crippen LogP contribution in [0.4, 0.5) is 0 Å². The number of carbonyl (C=O) groups excluding carboxylic acids is 1. The summed E-state index contributed by atoms with van der Waals surface area (Å²) in [5.74, 6) is -1.07. The highest BCUT2D eigenvalue weighted by Gasteiger charge is 2.30. The van der Waals surface area contributed by atoms with Crippen molar-refractivity contribution < 1.29 is 14.7 Å². The SMILES string of the molecule is Cn1nnc2c(C(=O)NC(CC3CC3)C(=O)O)ccnc21. The zero-order valence-corrected chi connectivity index (χ0v) is 11.5. The lowest BCUT2D eigenvalue weighted by Gasteiger charge is -2.14. The maximum absolute atomic E-state index is 12.3. The van der Waals surface area contributed by atoms with Gasteiger partial charge in [0.1, 0.15) is 11.6 Å². The van der Waals surface area contributed by atoms with E-state index in [0.717, 1.165) is 12.8 Å². The second-order valence-corrected chi connectivity index (χ2v) is 5.29. The zero-order valence-electron chi connectivity index (χ0n) is 11.5. The molecule has 0 saturated heterocycles. The second-order valence-electron chi connectivity index (χ2n) is 5.29. The summed E-state index contributed by atoms with van der Waals surface area (Å²) in [5.41, 5.74) is 1.14. The molecule has 0 spiro atoms. The molecule has 1 fully saturated rings. The van der Waals surface area contributed by atoms with E-state index in [1.807, 2.05) is 0 Å². The number of aryl methyl sites for hydroxylation is 1. The van der Waals surface area contributed by atoms with Gasteiger partial charge >= 0.3 is 5.97 Å². The largest absolute Gasteiger partial charge is 0.480 e. The molecule has 2 aromatic rings. The van der Waals surface area contributed by atoms with E-state index in [9.17, 15) is 14.7 Å². The number of nitrogens with zero attached hydrogens (tertiary/aromatic N) is 4. The quantitative estimate of drug-likeness (QED) is 0.821. The van der Waals surface area contributed by atoms with Crippen molar-refractivity contribution >= 4 is 23.0 Å². The normalized spacial score (nSPS) is 15.9. The Balaban J connectivity index is 1.84. The van der Waals surface area contributed by atoms with E-state index in [1.165, 1.54) is 16.9 Å². The highest BCUT2D eigenvalue weighted by atomic mass is 16.4. The van der Waals surface area contributed by atoms with E-state index < -0.39 is 17.9 Å². The Bertz CT molecular complexity index is 707. The van der Waals surface area contributed by atoms with E-state index in [2.05, 4.69) is 20.6 Å². The van der Waals surface area contributed by atoms with Crippen molar-refractivity contribution in [3.63, 3.8) is 0 Å². The van der Waals surface area contributed by atoms with E-state index >= 15 is 0 Å². The molecule has 8 heteroatoms. The molecule has 1 aliphatic rings. The first-order valence-electron chi connectivity index (χ1n) is 6.74. The summed E-state index contributed by atoms with van der Waals surface area (Å²) >= 11 is 0. The third-order valence-corrected chi connectivity index (χ3v) is 3.60. The molecule has 3 rings (SSSR count). The molecule has 0 bridgehead atoms. The molecule has 1 aliphatic carbocycles. The van der Waals surface area contributed by atoms with Crippen molar-refractivity contribution in [1.82, 2.24) is 25.3 Å².